The van der Waals surface area contributed by atoms with Crippen LogP contribution in [0.5, 0.6) is 0 Å². The topological polar surface area (TPSA) is 39.2 Å². The first kappa shape index (κ1) is 11.4. The maximum Gasteiger partial charge on any atom is 0.169 e. The highest BCUT2D eigenvalue weighted by molar-refractivity contribution is 9.10. The minimum atomic E-state index is -0.0816. The van der Waals surface area contributed by atoms with Crippen LogP contribution in [0.3, 0.4) is 0 Å². The highest BCUT2D eigenvalue weighted by Crippen LogP contribution is 2.26. The van der Waals surface area contributed by atoms with Crippen molar-refractivity contribution in [2.75, 3.05) is 0 Å². The van der Waals surface area contributed by atoms with Crippen molar-refractivity contribution in [2.24, 2.45) is 5.73 Å². The molecule has 15 heavy (non-hydrogen) atoms. The molecule has 0 amide bonds. The Bertz CT molecular complexity index is 452. The predicted molar refractivity (Wildman–Crippen MR) is 69.1 cm³/mol. The molecule has 0 aliphatic rings. The van der Waals surface area contributed by atoms with Gasteiger partial charge in [0.05, 0.1) is 6.04 Å². The highest BCUT2D eigenvalue weighted by Gasteiger charge is 2.12. The molecular formula is C10H9Br2NOS. The van der Waals surface area contributed by atoms with Crippen molar-refractivity contribution in [1.82, 2.24) is 0 Å². The van der Waals surface area contributed by atoms with E-state index in [1.165, 1.54) is 4.88 Å². The normalized spacial score (nSPS) is 13.0. The summed E-state index contributed by atoms with van der Waals surface area (Å²) >= 11 is 8.38. The lowest BCUT2D eigenvalue weighted by molar-refractivity contribution is 0.449. The summed E-state index contributed by atoms with van der Waals surface area (Å²) in [5.74, 6) is 0.811. The van der Waals surface area contributed by atoms with Gasteiger partial charge in [-0.3, -0.25) is 0 Å². The first-order valence-electron chi connectivity index (χ1n) is 4.39. The van der Waals surface area contributed by atoms with Gasteiger partial charge in [0.1, 0.15) is 5.76 Å². The van der Waals surface area contributed by atoms with Crippen LogP contribution in [0.15, 0.2) is 37.1 Å². The van der Waals surface area contributed by atoms with Crippen molar-refractivity contribution in [3.63, 3.8) is 0 Å². The summed E-state index contributed by atoms with van der Waals surface area (Å²) in [4.78, 5) is 1.25. The number of hydrogen-bond acceptors (Lipinski definition) is 3. The maximum absolute atomic E-state index is 6.03. The molecule has 2 N–H and O–H groups in total. The molecule has 0 aliphatic heterocycles. The van der Waals surface area contributed by atoms with Crippen LogP contribution >= 0.6 is 43.2 Å². The molecule has 2 heterocycles. The Morgan fingerprint density at radius 1 is 1.40 bits per heavy atom. The van der Waals surface area contributed by atoms with E-state index < -0.39 is 0 Å². The number of rotatable bonds is 3. The first-order chi connectivity index (χ1) is 7.15. The van der Waals surface area contributed by atoms with Gasteiger partial charge in [0.25, 0.3) is 0 Å². The summed E-state index contributed by atoms with van der Waals surface area (Å²) in [6.07, 6.45) is 0.802. The lowest BCUT2D eigenvalue weighted by Gasteiger charge is -2.06. The van der Waals surface area contributed by atoms with E-state index in [0.29, 0.717) is 0 Å². The third-order valence-electron chi connectivity index (χ3n) is 2.00. The van der Waals surface area contributed by atoms with E-state index in [2.05, 4.69) is 43.3 Å². The molecule has 0 radical (unpaired) electrons. The van der Waals surface area contributed by atoms with Crippen LogP contribution in [0.2, 0.25) is 0 Å². The molecule has 0 saturated carbocycles. The van der Waals surface area contributed by atoms with Crippen LogP contribution < -0.4 is 5.73 Å². The van der Waals surface area contributed by atoms with Gasteiger partial charge in [0.15, 0.2) is 4.67 Å². The fourth-order valence-corrected chi connectivity index (χ4v) is 3.14. The predicted octanol–water partition coefficient (Wildman–Crippen LogP) is 4.11. The number of furan rings is 1. The third kappa shape index (κ3) is 2.93. The van der Waals surface area contributed by atoms with E-state index in [0.717, 1.165) is 21.3 Å². The second-order valence-corrected chi connectivity index (χ2v) is 5.88. The summed E-state index contributed by atoms with van der Waals surface area (Å²) < 4.78 is 7.24. The van der Waals surface area contributed by atoms with Gasteiger partial charge < -0.3 is 10.2 Å². The number of thiophene rings is 1. The summed E-state index contributed by atoms with van der Waals surface area (Å²) in [7, 11) is 0. The van der Waals surface area contributed by atoms with Crippen LogP contribution in [0.1, 0.15) is 16.7 Å². The van der Waals surface area contributed by atoms with Crippen molar-refractivity contribution < 1.29 is 4.42 Å². The zero-order valence-electron chi connectivity index (χ0n) is 7.74. The fourth-order valence-electron chi connectivity index (χ4n) is 1.31. The largest absolute Gasteiger partial charge is 0.453 e. The van der Waals surface area contributed by atoms with Gasteiger partial charge in [-0.05, 0) is 50.1 Å². The van der Waals surface area contributed by atoms with Crippen molar-refractivity contribution in [3.8, 4) is 0 Å². The number of hydrogen-bond donors (Lipinski definition) is 1. The van der Waals surface area contributed by atoms with Crippen LogP contribution in [-0.4, -0.2) is 0 Å². The summed E-state index contributed by atoms with van der Waals surface area (Å²) in [6.45, 7) is 0. The molecule has 0 bridgehead atoms. The molecule has 0 aliphatic carbocycles. The summed E-state index contributed by atoms with van der Waals surface area (Å²) in [5, 5.41) is 2.06. The van der Waals surface area contributed by atoms with E-state index in [9.17, 15) is 0 Å². The molecule has 2 rings (SSSR count). The van der Waals surface area contributed by atoms with E-state index in [1.807, 2.05) is 12.1 Å². The molecule has 5 heteroatoms. The van der Waals surface area contributed by atoms with Gasteiger partial charge in [0.2, 0.25) is 0 Å². The molecule has 2 aromatic heterocycles. The molecule has 0 spiro atoms. The van der Waals surface area contributed by atoms with Gasteiger partial charge in [0, 0.05) is 21.2 Å². The van der Waals surface area contributed by atoms with Gasteiger partial charge >= 0.3 is 0 Å². The van der Waals surface area contributed by atoms with E-state index in [-0.39, 0.29) is 6.04 Å². The molecule has 2 nitrogen and oxygen atoms in total. The molecular weight excluding hydrogens is 342 g/mol. The maximum atomic E-state index is 6.03. The number of nitrogens with two attached hydrogens (primary N) is 1. The Labute approximate surface area is 109 Å². The minimum Gasteiger partial charge on any atom is -0.453 e. The van der Waals surface area contributed by atoms with Crippen molar-refractivity contribution in [1.29, 1.82) is 0 Å². The Kier molecular flexibility index (Phi) is 3.66. The SMILES string of the molecule is NC(Cc1cc(Br)cs1)c1ccc(Br)o1. The van der Waals surface area contributed by atoms with Crippen LogP contribution in [0, 0.1) is 0 Å². The molecule has 0 fully saturated rings. The van der Waals surface area contributed by atoms with Crippen LogP contribution in [0.4, 0.5) is 0 Å². The summed E-state index contributed by atoms with van der Waals surface area (Å²) in [5.41, 5.74) is 6.03. The summed E-state index contributed by atoms with van der Waals surface area (Å²) in [6, 6.07) is 5.77. The molecule has 1 atom stereocenters. The van der Waals surface area contributed by atoms with Gasteiger partial charge in [-0.25, -0.2) is 0 Å². The molecule has 0 saturated heterocycles. The van der Waals surface area contributed by atoms with Crippen molar-refractivity contribution in [3.05, 3.63) is 43.4 Å². The smallest absolute Gasteiger partial charge is 0.169 e. The average molecular weight is 351 g/mol. The highest BCUT2D eigenvalue weighted by atomic mass is 79.9. The number of halogens is 2. The van der Waals surface area contributed by atoms with Crippen molar-refractivity contribution in [2.45, 2.75) is 12.5 Å². The molecule has 0 aromatic carbocycles. The van der Waals surface area contributed by atoms with E-state index in [1.54, 1.807) is 11.3 Å². The van der Waals surface area contributed by atoms with E-state index in [4.69, 9.17) is 10.2 Å². The Hall–Kier alpha value is -0.100. The fraction of sp³-hybridized carbons (Fsp3) is 0.200. The quantitative estimate of drug-likeness (QED) is 0.904. The minimum absolute atomic E-state index is 0.0816. The Balaban J connectivity index is 2.06. The average Bonchev–Trinajstić information content (AvgIpc) is 2.75. The van der Waals surface area contributed by atoms with Gasteiger partial charge in [-0.15, -0.1) is 11.3 Å². The monoisotopic (exact) mass is 349 g/mol. The van der Waals surface area contributed by atoms with Crippen LogP contribution in [0.25, 0.3) is 0 Å². The Morgan fingerprint density at radius 2 is 2.20 bits per heavy atom. The zero-order chi connectivity index (χ0) is 10.8. The third-order valence-corrected chi connectivity index (χ3v) is 4.15. The van der Waals surface area contributed by atoms with Crippen LogP contribution in [-0.2, 0) is 6.42 Å². The van der Waals surface area contributed by atoms with E-state index >= 15 is 0 Å². The molecule has 2 aromatic rings. The lowest BCUT2D eigenvalue weighted by Crippen LogP contribution is -2.11. The first-order valence-corrected chi connectivity index (χ1v) is 6.85. The molecule has 80 valence electrons. The van der Waals surface area contributed by atoms with Crippen molar-refractivity contribution >= 4 is 43.2 Å². The van der Waals surface area contributed by atoms with Gasteiger partial charge in [-0.2, -0.15) is 0 Å². The van der Waals surface area contributed by atoms with Gasteiger partial charge in [-0.1, -0.05) is 0 Å². The second-order valence-electron chi connectivity index (χ2n) is 3.18. The zero-order valence-corrected chi connectivity index (χ0v) is 11.7. The standard InChI is InChI=1S/C10H9Br2NOS/c11-6-3-7(15-5-6)4-8(13)9-1-2-10(12)14-9/h1-3,5,8H,4,13H2. The Morgan fingerprint density at radius 3 is 2.73 bits per heavy atom. The second kappa shape index (κ2) is 4.82. The lowest BCUT2D eigenvalue weighted by atomic mass is 10.1. The molecule has 1 unspecified atom stereocenters.